The van der Waals surface area contributed by atoms with E-state index >= 15 is 0 Å². The molecule has 0 bridgehead atoms. The third-order valence-corrected chi connectivity index (χ3v) is 2.96. The molecule has 0 atom stereocenters. The molecule has 0 aliphatic heterocycles. The normalized spacial score (nSPS) is 9.95. The zero-order valence-corrected chi connectivity index (χ0v) is 12.2. The molecule has 0 aliphatic rings. The van der Waals surface area contributed by atoms with Gasteiger partial charge in [0.25, 0.3) is 0 Å². The highest BCUT2D eigenvalue weighted by atomic mass is 16.5. The van der Waals surface area contributed by atoms with E-state index in [2.05, 4.69) is 0 Å². The van der Waals surface area contributed by atoms with Crippen molar-refractivity contribution in [2.24, 2.45) is 0 Å². The maximum Gasteiger partial charge on any atom is 0.305 e. The fraction of sp³-hybridized carbons (Fsp3) is 0.467. The number of carbonyl (C=O) groups excluding carboxylic acids is 2. The first-order valence-corrected chi connectivity index (χ1v) is 6.62. The molecule has 0 unspecified atom stereocenters. The van der Waals surface area contributed by atoms with E-state index in [1.807, 2.05) is 24.1 Å². The largest absolute Gasteiger partial charge is 0.496 e. The lowest BCUT2D eigenvalue weighted by Gasteiger charge is -2.20. The molecule has 0 N–H and O–H groups in total. The Morgan fingerprint density at radius 2 is 2.15 bits per heavy atom. The van der Waals surface area contributed by atoms with E-state index in [0.717, 1.165) is 18.5 Å². The summed E-state index contributed by atoms with van der Waals surface area (Å²) in [6.07, 6.45) is 1.89. The van der Waals surface area contributed by atoms with Gasteiger partial charge in [-0.2, -0.15) is 0 Å². The van der Waals surface area contributed by atoms with Crippen molar-refractivity contribution in [2.45, 2.75) is 19.8 Å². The topological polar surface area (TPSA) is 55.8 Å². The van der Waals surface area contributed by atoms with Gasteiger partial charge in [0.15, 0.2) is 6.29 Å². The molecule has 5 heteroatoms. The number of esters is 1. The predicted octanol–water partition coefficient (Wildman–Crippen LogP) is 2.29. The van der Waals surface area contributed by atoms with Gasteiger partial charge in [0.05, 0.1) is 19.3 Å². The van der Waals surface area contributed by atoms with Gasteiger partial charge in [-0.1, -0.05) is 0 Å². The smallest absolute Gasteiger partial charge is 0.305 e. The van der Waals surface area contributed by atoms with Gasteiger partial charge in [0.2, 0.25) is 0 Å². The average molecular weight is 279 g/mol. The van der Waals surface area contributed by atoms with Crippen molar-refractivity contribution in [3.8, 4) is 5.75 Å². The number of methoxy groups -OCH3 is 1. The molecule has 0 heterocycles. The van der Waals surface area contributed by atoms with Crippen LogP contribution in [0.4, 0.5) is 5.69 Å². The summed E-state index contributed by atoms with van der Waals surface area (Å²) in [5.74, 6) is 0.379. The van der Waals surface area contributed by atoms with Crippen molar-refractivity contribution in [3.05, 3.63) is 23.8 Å². The van der Waals surface area contributed by atoms with Crippen molar-refractivity contribution in [3.63, 3.8) is 0 Å². The minimum Gasteiger partial charge on any atom is -0.496 e. The summed E-state index contributed by atoms with van der Waals surface area (Å²) in [5.41, 5.74) is 1.47. The predicted molar refractivity (Wildman–Crippen MR) is 77.5 cm³/mol. The molecule has 1 aromatic carbocycles. The van der Waals surface area contributed by atoms with Gasteiger partial charge in [-0.25, -0.2) is 0 Å². The van der Waals surface area contributed by atoms with E-state index < -0.39 is 0 Å². The zero-order valence-electron chi connectivity index (χ0n) is 12.2. The van der Waals surface area contributed by atoms with Crippen LogP contribution in [0.25, 0.3) is 0 Å². The lowest BCUT2D eigenvalue weighted by molar-refractivity contribution is -0.143. The van der Waals surface area contributed by atoms with Crippen molar-refractivity contribution < 1.29 is 19.1 Å². The van der Waals surface area contributed by atoms with Gasteiger partial charge < -0.3 is 14.4 Å². The number of hydrogen-bond donors (Lipinski definition) is 0. The Labute approximate surface area is 119 Å². The highest BCUT2D eigenvalue weighted by Gasteiger charge is 2.08. The average Bonchev–Trinajstić information content (AvgIpc) is 2.46. The second kappa shape index (κ2) is 8.19. The molecule has 5 nitrogen and oxygen atoms in total. The molecule has 0 fully saturated rings. The van der Waals surface area contributed by atoms with Gasteiger partial charge in [0.1, 0.15) is 5.75 Å². The van der Waals surface area contributed by atoms with Crippen LogP contribution in [0.15, 0.2) is 18.2 Å². The van der Waals surface area contributed by atoms with Gasteiger partial charge >= 0.3 is 5.97 Å². The first kappa shape index (κ1) is 16.0. The molecule has 20 heavy (non-hydrogen) atoms. The minimum atomic E-state index is -0.171. The van der Waals surface area contributed by atoms with Crippen LogP contribution in [0.5, 0.6) is 5.75 Å². The number of carbonyl (C=O) groups is 2. The summed E-state index contributed by atoms with van der Waals surface area (Å²) in [7, 11) is 3.47. The Morgan fingerprint density at radius 3 is 2.75 bits per heavy atom. The summed E-state index contributed by atoms with van der Waals surface area (Å²) in [6.45, 7) is 2.94. The third-order valence-electron chi connectivity index (χ3n) is 2.96. The summed E-state index contributed by atoms with van der Waals surface area (Å²) in [5, 5.41) is 0. The molecule has 0 saturated heterocycles. The maximum atomic E-state index is 11.2. The van der Waals surface area contributed by atoms with E-state index in [9.17, 15) is 9.59 Å². The second-order valence-corrected chi connectivity index (χ2v) is 4.37. The van der Waals surface area contributed by atoms with Crippen LogP contribution in [0, 0.1) is 0 Å². The lowest BCUT2D eigenvalue weighted by Crippen LogP contribution is -2.19. The zero-order chi connectivity index (χ0) is 15.0. The third kappa shape index (κ3) is 4.57. The minimum absolute atomic E-state index is 0.171. The van der Waals surface area contributed by atoms with Gasteiger partial charge in [-0.05, 0) is 25.5 Å². The molecule has 0 aromatic heterocycles. The van der Waals surface area contributed by atoms with Crippen LogP contribution in [-0.4, -0.2) is 39.6 Å². The van der Waals surface area contributed by atoms with Crippen LogP contribution >= 0.6 is 0 Å². The molecule has 0 amide bonds. The molecular formula is C15H21NO4. The van der Waals surface area contributed by atoms with E-state index in [1.165, 1.54) is 7.11 Å². The second-order valence-electron chi connectivity index (χ2n) is 4.37. The fourth-order valence-electron chi connectivity index (χ4n) is 1.86. The Morgan fingerprint density at radius 1 is 1.40 bits per heavy atom. The molecule has 110 valence electrons. The first-order chi connectivity index (χ1) is 9.62. The molecule has 0 saturated carbocycles. The highest BCUT2D eigenvalue weighted by Crippen LogP contribution is 2.24. The Kier molecular flexibility index (Phi) is 6.56. The number of aldehydes is 1. The first-order valence-electron chi connectivity index (χ1n) is 6.62. The number of rotatable bonds is 8. The van der Waals surface area contributed by atoms with Crippen molar-refractivity contribution in [2.75, 3.05) is 32.2 Å². The molecule has 0 aliphatic carbocycles. The number of benzene rings is 1. The lowest BCUT2D eigenvalue weighted by atomic mass is 10.2. The summed E-state index contributed by atoms with van der Waals surface area (Å²) < 4.78 is 10.0. The van der Waals surface area contributed by atoms with E-state index in [0.29, 0.717) is 30.8 Å². The maximum absolute atomic E-state index is 11.2. The van der Waals surface area contributed by atoms with E-state index in [4.69, 9.17) is 9.47 Å². The monoisotopic (exact) mass is 279 g/mol. The molecule has 0 radical (unpaired) electrons. The fourth-order valence-corrected chi connectivity index (χ4v) is 1.86. The Hall–Kier alpha value is -2.04. The highest BCUT2D eigenvalue weighted by molar-refractivity contribution is 5.80. The van der Waals surface area contributed by atoms with Crippen LogP contribution in [0.2, 0.25) is 0 Å². The number of nitrogens with zero attached hydrogens (tertiary/aromatic N) is 1. The molecule has 1 rings (SSSR count). The van der Waals surface area contributed by atoms with Gasteiger partial charge in [-0.3, -0.25) is 9.59 Å². The van der Waals surface area contributed by atoms with Crippen molar-refractivity contribution in [1.82, 2.24) is 0 Å². The van der Waals surface area contributed by atoms with E-state index in [-0.39, 0.29) is 5.97 Å². The Balaban J connectivity index is 2.57. The van der Waals surface area contributed by atoms with Crippen molar-refractivity contribution in [1.29, 1.82) is 0 Å². The van der Waals surface area contributed by atoms with Gasteiger partial charge in [0, 0.05) is 31.8 Å². The van der Waals surface area contributed by atoms with Crippen LogP contribution in [-0.2, 0) is 9.53 Å². The van der Waals surface area contributed by atoms with Crippen molar-refractivity contribution >= 4 is 17.9 Å². The summed E-state index contributed by atoms with van der Waals surface area (Å²) in [4.78, 5) is 24.1. The summed E-state index contributed by atoms with van der Waals surface area (Å²) in [6, 6.07) is 5.40. The number of hydrogen-bond acceptors (Lipinski definition) is 5. The molecule has 0 spiro atoms. The number of anilines is 1. The quantitative estimate of drug-likeness (QED) is 0.540. The SMILES string of the molecule is CCOC(=O)CCCN(C)c1ccc(C=O)c(OC)c1. The number of ether oxygens (including phenoxy) is 2. The van der Waals surface area contributed by atoms with E-state index in [1.54, 1.807) is 13.0 Å². The van der Waals surface area contributed by atoms with Gasteiger partial charge in [-0.15, -0.1) is 0 Å². The standard InChI is InChI=1S/C15H21NO4/c1-4-20-15(18)6-5-9-16(2)13-8-7-12(11-17)14(10-13)19-3/h7-8,10-11H,4-6,9H2,1-3H3. The van der Waals surface area contributed by atoms with Crippen LogP contribution in [0.1, 0.15) is 30.1 Å². The Bertz CT molecular complexity index is 459. The van der Waals surface area contributed by atoms with Crippen LogP contribution in [0.3, 0.4) is 0 Å². The summed E-state index contributed by atoms with van der Waals surface area (Å²) >= 11 is 0. The van der Waals surface area contributed by atoms with Crippen LogP contribution < -0.4 is 9.64 Å². The molecule has 1 aromatic rings. The molecular weight excluding hydrogens is 258 g/mol.